The Hall–Kier alpha value is -3.15. The van der Waals surface area contributed by atoms with Gasteiger partial charge in [-0.05, 0) is 30.7 Å². The van der Waals surface area contributed by atoms with E-state index in [-0.39, 0.29) is 30.7 Å². The first-order chi connectivity index (χ1) is 12.8. The van der Waals surface area contributed by atoms with Crippen LogP contribution in [0.15, 0.2) is 48.5 Å². The molecule has 0 saturated heterocycles. The quantitative estimate of drug-likeness (QED) is 0.790. The minimum atomic E-state index is -0.183. The third kappa shape index (κ3) is 6.58. The molecule has 3 amide bonds. The molecule has 0 aliphatic carbocycles. The zero-order valence-corrected chi connectivity index (χ0v) is 15.9. The van der Waals surface area contributed by atoms with E-state index in [1.807, 2.05) is 31.2 Å². The van der Waals surface area contributed by atoms with Crippen molar-refractivity contribution in [1.82, 2.24) is 5.32 Å². The fraction of sp³-hybridized carbons (Fsp3) is 0.286. The lowest BCUT2D eigenvalue weighted by Crippen LogP contribution is -2.33. The van der Waals surface area contributed by atoms with Crippen molar-refractivity contribution in [2.75, 3.05) is 16.8 Å². The summed E-state index contributed by atoms with van der Waals surface area (Å²) >= 11 is 0. The van der Waals surface area contributed by atoms with Crippen LogP contribution in [0.25, 0.3) is 0 Å². The Morgan fingerprint density at radius 1 is 1.00 bits per heavy atom. The average Bonchev–Trinajstić information content (AvgIpc) is 2.61. The molecule has 2 aromatic carbocycles. The lowest BCUT2D eigenvalue weighted by atomic mass is 10.1. The molecule has 0 saturated carbocycles. The van der Waals surface area contributed by atoms with Crippen molar-refractivity contribution in [3.8, 4) is 0 Å². The molecule has 142 valence electrons. The number of aryl methyl sites for hydroxylation is 1. The summed E-state index contributed by atoms with van der Waals surface area (Å²) in [7, 11) is 0. The normalized spacial score (nSPS) is 10.2. The van der Waals surface area contributed by atoms with Crippen LogP contribution in [0.2, 0.25) is 0 Å². The van der Waals surface area contributed by atoms with Gasteiger partial charge in [0.15, 0.2) is 0 Å². The molecule has 2 N–H and O–H groups in total. The van der Waals surface area contributed by atoms with Gasteiger partial charge in [-0.1, -0.05) is 35.9 Å². The number of rotatable bonds is 7. The molecule has 0 atom stereocenters. The molecule has 0 radical (unpaired) electrons. The number of amides is 3. The van der Waals surface area contributed by atoms with E-state index in [9.17, 15) is 14.4 Å². The summed E-state index contributed by atoms with van der Waals surface area (Å²) in [4.78, 5) is 36.9. The summed E-state index contributed by atoms with van der Waals surface area (Å²) in [5, 5.41) is 5.56. The van der Waals surface area contributed by atoms with Crippen LogP contribution >= 0.6 is 0 Å². The Kier molecular flexibility index (Phi) is 7.11. The molecular weight excluding hydrogens is 342 g/mol. The minimum absolute atomic E-state index is 0.125. The van der Waals surface area contributed by atoms with Crippen LogP contribution in [0.1, 0.15) is 31.4 Å². The zero-order valence-electron chi connectivity index (χ0n) is 15.9. The first-order valence-electron chi connectivity index (χ1n) is 8.83. The maximum Gasteiger partial charge on any atom is 0.223 e. The van der Waals surface area contributed by atoms with Gasteiger partial charge in [-0.25, -0.2) is 0 Å². The largest absolute Gasteiger partial charge is 0.352 e. The highest BCUT2D eigenvalue weighted by Crippen LogP contribution is 2.20. The van der Waals surface area contributed by atoms with Crippen molar-refractivity contribution < 1.29 is 14.4 Å². The maximum atomic E-state index is 12.1. The van der Waals surface area contributed by atoms with Crippen LogP contribution in [-0.4, -0.2) is 24.3 Å². The molecule has 0 bridgehead atoms. The number of anilines is 2. The van der Waals surface area contributed by atoms with Crippen molar-refractivity contribution in [2.24, 2.45) is 0 Å². The average molecular weight is 367 g/mol. The maximum absolute atomic E-state index is 12.1. The lowest BCUT2D eigenvalue weighted by molar-refractivity contribution is -0.121. The summed E-state index contributed by atoms with van der Waals surface area (Å²) < 4.78 is 0. The van der Waals surface area contributed by atoms with Crippen molar-refractivity contribution in [2.45, 2.75) is 33.7 Å². The summed E-state index contributed by atoms with van der Waals surface area (Å²) in [6, 6.07) is 15.0. The summed E-state index contributed by atoms with van der Waals surface area (Å²) in [6.07, 6.45) is 0.190. The van der Waals surface area contributed by atoms with Crippen LogP contribution in [0.4, 0.5) is 11.4 Å². The van der Waals surface area contributed by atoms with E-state index < -0.39 is 0 Å². The van der Waals surface area contributed by atoms with Crippen LogP contribution in [-0.2, 0) is 20.9 Å². The van der Waals surface area contributed by atoms with Crippen LogP contribution < -0.4 is 15.5 Å². The zero-order chi connectivity index (χ0) is 19.8. The summed E-state index contributed by atoms with van der Waals surface area (Å²) in [5.74, 6) is -0.474. The van der Waals surface area contributed by atoms with Gasteiger partial charge in [-0.3, -0.25) is 14.4 Å². The first-order valence-corrected chi connectivity index (χ1v) is 8.83. The lowest BCUT2D eigenvalue weighted by Gasteiger charge is -2.21. The third-order valence-electron chi connectivity index (χ3n) is 4.03. The Morgan fingerprint density at radius 2 is 1.70 bits per heavy atom. The van der Waals surface area contributed by atoms with Gasteiger partial charge in [0.05, 0.1) is 0 Å². The molecular formula is C21H25N3O3. The van der Waals surface area contributed by atoms with E-state index in [4.69, 9.17) is 0 Å². The van der Waals surface area contributed by atoms with Gasteiger partial charge in [0.2, 0.25) is 17.7 Å². The van der Waals surface area contributed by atoms with E-state index in [1.54, 1.807) is 24.3 Å². The molecule has 0 fully saturated rings. The molecule has 0 heterocycles. The molecule has 0 aliphatic heterocycles. The van der Waals surface area contributed by atoms with Crippen molar-refractivity contribution in [3.05, 3.63) is 59.7 Å². The van der Waals surface area contributed by atoms with Gasteiger partial charge in [0.1, 0.15) is 0 Å². The minimum Gasteiger partial charge on any atom is -0.352 e. The Bertz CT molecular complexity index is 816. The van der Waals surface area contributed by atoms with Gasteiger partial charge >= 0.3 is 0 Å². The van der Waals surface area contributed by atoms with Gasteiger partial charge in [0, 0.05) is 44.7 Å². The molecule has 0 spiro atoms. The topological polar surface area (TPSA) is 78.5 Å². The van der Waals surface area contributed by atoms with E-state index in [1.165, 1.54) is 24.3 Å². The molecule has 2 rings (SSSR count). The van der Waals surface area contributed by atoms with Crippen LogP contribution in [0.3, 0.4) is 0 Å². The molecule has 0 unspecified atom stereocenters. The van der Waals surface area contributed by atoms with Gasteiger partial charge < -0.3 is 15.5 Å². The van der Waals surface area contributed by atoms with E-state index in [2.05, 4.69) is 10.6 Å². The number of carbonyl (C=O) groups is 3. The van der Waals surface area contributed by atoms with E-state index in [0.29, 0.717) is 17.9 Å². The Labute approximate surface area is 159 Å². The Balaban J connectivity index is 1.94. The number of hydrogen-bond acceptors (Lipinski definition) is 3. The standard InChI is InChI=1S/C21H25N3O3/c1-15-7-9-18(10-8-15)14-22-21(27)11-12-24(17(3)26)20-6-4-5-19(13-20)23-16(2)25/h4-10,13H,11-12,14H2,1-3H3,(H,22,27)(H,23,25). The number of nitrogens with one attached hydrogen (secondary N) is 2. The molecule has 27 heavy (non-hydrogen) atoms. The fourth-order valence-electron chi connectivity index (χ4n) is 2.63. The predicted octanol–water partition coefficient (Wildman–Crippen LogP) is 3.01. The molecule has 6 nitrogen and oxygen atoms in total. The summed E-state index contributed by atoms with van der Waals surface area (Å²) in [5.41, 5.74) is 3.44. The summed E-state index contributed by atoms with van der Waals surface area (Å²) in [6.45, 7) is 5.61. The highest BCUT2D eigenvalue weighted by atomic mass is 16.2. The molecule has 2 aromatic rings. The fourth-order valence-corrected chi connectivity index (χ4v) is 2.63. The number of nitrogens with zero attached hydrogens (tertiary/aromatic N) is 1. The highest BCUT2D eigenvalue weighted by molar-refractivity contribution is 5.94. The number of carbonyl (C=O) groups excluding carboxylic acids is 3. The second kappa shape index (κ2) is 9.52. The molecule has 6 heteroatoms. The number of hydrogen-bond donors (Lipinski definition) is 2. The van der Waals surface area contributed by atoms with E-state index >= 15 is 0 Å². The van der Waals surface area contributed by atoms with Gasteiger partial charge in [0.25, 0.3) is 0 Å². The first kappa shape index (κ1) is 20.2. The van der Waals surface area contributed by atoms with Gasteiger partial charge in [-0.15, -0.1) is 0 Å². The highest BCUT2D eigenvalue weighted by Gasteiger charge is 2.14. The number of benzene rings is 2. The van der Waals surface area contributed by atoms with Crippen molar-refractivity contribution >= 4 is 29.1 Å². The van der Waals surface area contributed by atoms with Gasteiger partial charge in [-0.2, -0.15) is 0 Å². The van der Waals surface area contributed by atoms with Crippen molar-refractivity contribution in [1.29, 1.82) is 0 Å². The van der Waals surface area contributed by atoms with Crippen molar-refractivity contribution in [3.63, 3.8) is 0 Å². The second-order valence-corrected chi connectivity index (χ2v) is 6.41. The van der Waals surface area contributed by atoms with Crippen LogP contribution in [0.5, 0.6) is 0 Å². The Morgan fingerprint density at radius 3 is 2.33 bits per heavy atom. The molecule has 0 aliphatic rings. The third-order valence-corrected chi connectivity index (χ3v) is 4.03. The SMILES string of the molecule is CC(=O)Nc1cccc(N(CCC(=O)NCc2ccc(C)cc2)C(C)=O)c1. The molecule has 0 aromatic heterocycles. The monoisotopic (exact) mass is 367 g/mol. The second-order valence-electron chi connectivity index (χ2n) is 6.41. The predicted molar refractivity (Wildman–Crippen MR) is 106 cm³/mol. The van der Waals surface area contributed by atoms with Crippen LogP contribution in [0, 0.1) is 6.92 Å². The van der Waals surface area contributed by atoms with E-state index in [0.717, 1.165) is 5.56 Å². The smallest absolute Gasteiger partial charge is 0.223 e.